The van der Waals surface area contributed by atoms with Crippen LogP contribution >= 0.6 is 0 Å². The third kappa shape index (κ3) is 7.22. The minimum absolute atomic E-state index is 0.110. The van der Waals surface area contributed by atoms with Crippen LogP contribution in [-0.2, 0) is 16.4 Å². The van der Waals surface area contributed by atoms with Crippen LogP contribution < -0.4 is 14.4 Å². The second-order valence-electron chi connectivity index (χ2n) is 11.8. The van der Waals surface area contributed by atoms with Gasteiger partial charge >= 0.3 is 0 Å². The zero-order valence-electron chi connectivity index (χ0n) is 24.6. The van der Waals surface area contributed by atoms with Crippen LogP contribution in [0.3, 0.4) is 0 Å². The molecule has 1 fully saturated rings. The van der Waals surface area contributed by atoms with Crippen LogP contribution in [0.2, 0.25) is 0 Å². The van der Waals surface area contributed by atoms with Crippen LogP contribution in [0.15, 0.2) is 53.6 Å². The molecule has 0 spiro atoms. The summed E-state index contributed by atoms with van der Waals surface area (Å²) in [6.45, 7) is 13.2. The fraction of sp³-hybridized carbons (Fsp3) is 0.452. The average Bonchev–Trinajstić information content (AvgIpc) is 2.92. The van der Waals surface area contributed by atoms with E-state index in [0.29, 0.717) is 54.0 Å². The summed E-state index contributed by atoms with van der Waals surface area (Å²) in [7, 11) is -4.24. The van der Waals surface area contributed by atoms with E-state index in [2.05, 4.69) is 35.4 Å². The minimum Gasteiger partial charge on any atom is -0.493 e. The molecule has 1 N–H and O–H groups in total. The molecule has 1 unspecified atom stereocenters. The second kappa shape index (κ2) is 12.1. The summed E-state index contributed by atoms with van der Waals surface area (Å²) in [6, 6.07) is 12.3. The van der Waals surface area contributed by atoms with Crippen molar-refractivity contribution in [1.82, 2.24) is 14.7 Å². The van der Waals surface area contributed by atoms with Crippen LogP contribution in [0.4, 0.5) is 10.2 Å². The SMILES string of the molecule is CCc1cccc(S(=O)(=O)NC(=O)c2ccc(-c3cc(F)cc(OCC(C)C)c3)nc2N2CC(C)CCC2(C)C)n1. The van der Waals surface area contributed by atoms with E-state index in [9.17, 15) is 17.6 Å². The third-order valence-electron chi connectivity index (χ3n) is 7.25. The number of aryl methyl sites for hydroxylation is 1. The molecular formula is C31H39FN4O4S. The van der Waals surface area contributed by atoms with Crippen molar-refractivity contribution in [3.8, 4) is 17.0 Å². The summed E-state index contributed by atoms with van der Waals surface area (Å²) in [6.07, 6.45) is 2.43. The van der Waals surface area contributed by atoms with E-state index in [1.54, 1.807) is 30.3 Å². The van der Waals surface area contributed by atoms with Crippen molar-refractivity contribution >= 4 is 21.7 Å². The van der Waals surface area contributed by atoms with Gasteiger partial charge in [-0.25, -0.2) is 19.1 Å². The number of hydrogen-bond acceptors (Lipinski definition) is 7. The molecule has 10 heteroatoms. The molecule has 220 valence electrons. The Balaban J connectivity index is 1.78. The van der Waals surface area contributed by atoms with Gasteiger partial charge in [0.25, 0.3) is 15.9 Å². The van der Waals surface area contributed by atoms with E-state index in [1.165, 1.54) is 18.2 Å². The number of nitrogens with one attached hydrogen (secondary N) is 1. The fourth-order valence-electron chi connectivity index (χ4n) is 4.84. The van der Waals surface area contributed by atoms with Gasteiger partial charge in [0.05, 0.1) is 17.9 Å². The molecule has 3 heterocycles. The van der Waals surface area contributed by atoms with E-state index in [1.807, 2.05) is 20.8 Å². The number of nitrogens with zero attached hydrogens (tertiary/aromatic N) is 3. The number of amides is 1. The Morgan fingerprint density at radius 2 is 1.93 bits per heavy atom. The van der Waals surface area contributed by atoms with Gasteiger partial charge in [0.2, 0.25) is 0 Å². The maximum absolute atomic E-state index is 14.6. The first kappa shape index (κ1) is 30.4. The number of carbonyl (C=O) groups is 1. The van der Waals surface area contributed by atoms with Gasteiger partial charge in [0.1, 0.15) is 17.4 Å². The number of anilines is 1. The number of benzene rings is 1. The molecule has 1 aliphatic rings. The molecule has 4 rings (SSSR count). The highest BCUT2D eigenvalue weighted by atomic mass is 32.2. The molecule has 1 aliphatic heterocycles. The third-order valence-corrected chi connectivity index (χ3v) is 8.48. The van der Waals surface area contributed by atoms with Gasteiger partial charge in [-0.2, -0.15) is 8.42 Å². The van der Waals surface area contributed by atoms with E-state index in [4.69, 9.17) is 9.72 Å². The Kier molecular flexibility index (Phi) is 9.01. The highest BCUT2D eigenvalue weighted by molar-refractivity contribution is 7.90. The molecule has 1 aromatic carbocycles. The highest BCUT2D eigenvalue weighted by Crippen LogP contribution is 2.37. The summed E-state index contributed by atoms with van der Waals surface area (Å²) in [5, 5.41) is -0.225. The van der Waals surface area contributed by atoms with Gasteiger partial charge in [0.15, 0.2) is 5.03 Å². The largest absolute Gasteiger partial charge is 0.493 e. The number of ether oxygens (including phenoxy) is 1. The van der Waals surface area contributed by atoms with Gasteiger partial charge in [0, 0.05) is 29.4 Å². The number of aromatic nitrogens is 2. The lowest BCUT2D eigenvalue weighted by Crippen LogP contribution is -2.51. The number of carbonyl (C=O) groups excluding carboxylic acids is 1. The monoisotopic (exact) mass is 582 g/mol. The molecule has 0 saturated carbocycles. The number of piperidine rings is 1. The Morgan fingerprint density at radius 3 is 2.63 bits per heavy atom. The first-order valence-electron chi connectivity index (χ1n) is 14.0. The second-order valence-corrected chi connectivity index (χ2v) is 13.4. The quantitative estimate of drug-likeness (QED) is 0.330. The first-order chi connectivity index (χ1) is 19.3. The topological polar surface area (TPSA) is 101 Å². The number of pyridine rings is 2. The minimum atomic E-state index is -4.24. The molecule has 0 bridgehead atoms. The van der Waals surface area contributed by atoms with E-state index < -0.39 is 21.7 Å². The molecule has 1 saturated heterocycles. The van der Waals surface area contributed by atoms with Gasteiger partial charge < -0.3 is 9.64 Å². The smallest absolute Gasteiger partial charge is 0.281 e. The Labute approximate surface area is 242 Å². The van der Waals surface area contributed by atoms with Gasteiger partial charge in [-0.15, -0.1) is 0 Å². The maximum Gasteiger partial charge on any atom is 0.281 e. The number of halogens is 1. The number of hydrogen-bond donors (Lipinski definition) is 1. The highest BCUT2D eigenvalue weighted by Gasteiger charge is 2.36. The molecule has 2 aromatic heterocycles. The molecule has 1 atom stereocenters. The lowest BCUT2D eigenvalue weighted by molar-refractivity contribution is 0.0981. The average molecular weight is 583 g/mol. The Bertz CT molecular complexity index is 1520. The summed E-state index contributed by atoms with van der Waals surface area (Å²) in [5.74, 6) is 0.0562. The van der Waals surface area contributed by atoms with Crippen LogP contribution in [0, 0.1) is 17.7 Å². The van der Waals surface area contributed by atoms with Gasteiger partial charge in [-0.05, 0) is 81.3 Å². The summed E-state index contributed by atoms with van der Waals surface area (Å²) in [5.41, 5.74) is 1.30. The van der Waals surface area contributed by atoms with Gasteiger partial charge in [-0.1, -0.05) is 33.8 Å². The number of sulfonamides is 1. The summed E-state index contributed by atoms with van der Waals surface area (Å²) < 4.78 is 48.9. The Hall–Kier alpha value is -3.53. The standard InChI is InChI=1S/C31H39FN4O4S/c1-7-24-9-8-10-28(33-24)41(38,39)35-30(37)26-11-12-27(22-15-23(32)17-25(16-22)40-19-20(2)3)34-29(26)36-18-21(4)13-14-31(36,5)6/h8-12,15-17,20-21H,7,13-14,18-19H2,1-6H3,(H,35,37). The van der Waals surface area contributed by atoms with E-state index >= 15 is 0 Å². The molecule has 1 amide bonds. The van der Waals surface area contributed by atoms with Crippen molar-refractivity contribution in [2.45, 2.75) is 71.4 Å². The zero-order valence-corrected chi connectivity index (χ0v) is 25.4. The molecule has 3 aromatic rings. The van der Waals surface area contributed by atoms with Crippen molar-refractivity contribution in [1.29, 1.82) is 0 Å². The van der Waals surface area contributed by atoms with E-state index in [0.717, 1.165) is 12.8 Å². The van der Waals surface area contributed by atoms with Crippen molar-refractivity contribution in [2.24, 2.45) is 11.8 Å². The lowest BCUT2D eigenvalue weighted by atomic mass is 9.85. The zero-order chi connectivity index (χ0) is 29.9. The molecule has 0 aliphatic carbocycles. The van der Waals surface area contributed by atoms with Crippen LogP contribution in [-0.4, -0.2) is 43.0 Å². The summed E-state index contributed by atoms with van der Waals surface area (Å²) >= 11 is 0. The number of rotatable bonds is 9. The van der Waals surface area contributed by atoms with Crippen molar-refractivity contribution < 1.29 is 22.3 Å². The van der Waals surface area contributed by atoms with Crippen molar-refractivity contribution in [2.75, 3.05) is 18.1 Å². The molecule has 41 heavy (non-hydrogen) atoms. The lowest BCUT2D eigenvalue weighted by Gasteiger charge is -2.46. The molecule has 8 nitrogen and oxygen atoms in total. The van der Waals surface area contributed by atoms with Crippen LogP contribution in [0.1, 0.15) is 70.4 Å². The van der Waals surface area contributed by atoms with Crippen LogP contribution in [0.5, 0.6) is 5.75 Å². The van der Waals surface area contributed by atoms with E-state index in [-0.39, 0.29) is 22.0 Å². The molecular weight excluding hydrogens is 543 g/mol. The molecule has 0 radical (unpaired) electrons. The first-order valence-corrected chi connectivity index (χ1v) is 15.5. The van der Waals surface area contributed by atoms with Crippen molar-refractivity contribution in [3.05, 3.63) is 65.6 Å². The Morgan fingerprint density at radius 1 is 1.17 bits per heavy atom. The predicted octanol–water partition coefficient (Wildman–Crippen LogP) is 6.01. The van der Waals surface area contributed by atoms with Crippen LogP contribution in [0.25, 0.3) is 11.3 Å². The maximum atomic E-state index is 14.6. The normalized spacial score (nSPS) is 17.0. The predicted molar refractivity (Wildman–Crippen MR) is 158 cm³/mol. The van der Waals surface area contributed by atoms with Crippen molar-refractivity contribution in [3.63, 3.8) is 0 Å². The fourth-order valence-corrected chi connectivity index (χ4v) is 5.79. The van der Waals surface area contributed by atoms with Gasteiger partial charge in [-0.3, -0.25) is 4.79 Å². The summed E-state index contributed by atoms with van der Waals surface area (Å²) in [4.78, 5) is 24.7.